The number of methoxy groups -OCH3 is 1. The molecule has 5 heteroatoms. The van der Waals surface area contributed by atoms with E-state index in [1.165, 1.54) is 0 Å². The molecule has 1 aromatic carbocycles. The van der Waals surface area contributed by atoms with Gasteiger partial charge < -0.3 is 10.1 Å². The van der Waals surface area contributed by atoms with Crippen molar-refractivity contribution < 1.29 is 9.53 Å². The van der Waals surface area contributed by atoms with Gasteiger partial charge >= 0.3 is 0 Å². The van der Waals surface area contributed by atoms with Gasteiger partial charge in [-0.2, -0.15) is 0 Å². The van der Waals surface area contributed by atoms with Crippen LogP contribution in [0.3, 0.4) is 0 Å². The normalized spacial score (nSPS) is 9.80. The number of rotatable bonds is 4. The molecule has 3 nitrogen and oxygen atoms in total. The third-order valence-corrected chi connectivity index (χ3v) is 2.45. The van der Waals surface area contributed by atoms with Crippen LogP contribution >= 0.6 is 23.2 Å². The monoisotopic (exact) mass is 247 g/mol. The molecule has 0 bridgehead atoms. The Morgan fingerprint density at radius 3 is 2.80 bits per heavy atom. The number of ether oxygens (including phenoxy) is 1. The summed E-state index contributed by atoms with van der Waals surface area (Å²) in [5.74, 6) is 0.421. The van der Waals surface area contributed by atoms with Gasteiger partial charge in [0.15, 0.2) is 0 Å². The predicted octanol–water partition coefficient (Wildman–Crippen LogP) is 2.20. The number of halogens is 2. The number of nitrogens with one attached hydrogen (secondary N) is 1. The Kier molecular flexibility index (Phi) is 4.72. The molecule has 0 aromatic heterocycles. The van der Waals surface area contributed by atoms with Crippen molar-refractivity contribution in [1.82, 2.24) is 5.32 Å². The van der Waals surface area contributed by atoms with Gasteiger partial charge in [-0.1, -0.05) is 17.7 Å². The van der Waals surface area contributed by atoms with Crippen molar-refractivity contribution in [2.45, 2.75) is 6.54 Å². The summed E-state index contributed by atoms with van der Waals surface area (Å²) < 4.78 is 5.00. The third-order valence-electron chi connectivity index (χ3n) is 1.86. The highest BCUT2D eigenvalue weighted by molar-refractivity contribution is 6.31. The van der Waals surface area contributed by atoms with Crippen LogP contribution in [0.1, 0.15) is 5.56 Å². The highest BCUT2D eigenvalue weighted by Gasteiger charge is 2.04. The van der Waals surface area contributed by atoms with E-state index in [0.717, 1.165) is 5.56 Å². The van der Waals surface area contributed by atoms with E-state index in [0.29, 0.717) is 17.3 Å². The quantitative estimate of drug-likeness (QED) is 0.829. The molecule has 0 aliphatic heterocycles. The molecule has 0 fully saturated rings. The zero-order valence-electron chi connectivity index (χ0n) is 8.22. The summed E-state index contributed by atoms with van der Waals surface area (Å²) in [4.78, 5) is 10.9. The van der Waals surface area contributed by atoms with Crippen LogP contribution in [0, 0.1) is 0 Å². The molecule has 0 saturated carbocycles. The van der Waals surface area contributed by atoms with Gasteiger partial charge in [0.05, 0.1) is 7.11 Å². The first-order chi connectivity index (χ1) is 7.17. The Morgan fingerprint density at radius 1 is 1.53 bits per heavy atom. The third kappa shape index (κ3) is 3.61. The van der Waals surface area contributed by atoms with Gasteiger partial charge in [-0.25, -0.2) is 0 Å². The van der Waals surface area contributed by atoms with Crippen molar-refractivity contribution in [1.29, 1.82) is 0 Å². The predicted molar refractivity (Wildman–Crippen MR) is 60.6 cm³/mol. The minimum Gasteiger partial charge on any atom is -0.497 e. The van der Waals surface area contributed by atoms with Crippen LogP contribution < -0.4 is 10.1 Å². The Balaban J connectivity index is 2.66. The first-order valence-corrected chi connectivity index (χ1v) is 5.23. The summed E-state index contributed by atoms with van der Waals surface area (Å²) in [6, 6.07) is 5.29. The number of amides is 1. The molecule has 0 unspecified atom stereocenters. The first kappa shape index (κ1) is 12.1. The van der Waals surface area contributed by atoms with Gasteiger partial charge in [0.2, 0.25) is 5.91 Å². The first-order valence-electron chi connectivity index (χ1n) is 4.32. The van der Waals surface area contributed by atoms with Gasteiger partial charge in [0, 0.05) is 11.6 Å². The van der Waals surface area contributed by atoms with Crippen molar-refractivity contribution in [2.24, 2.45) is 0 Å². The summed E-state index contributed by atoms with van der Waals surface area (Å²) in [5.41, 5.74) is 0.830. The molecule has 1 N–H and O–H groups in total. The minimum atomic E-state index is -0.219. The largest absolute Gasteiger partial charge is 0.497 e. The Bertz CT molecular complexity index is 355. The molecule has 0 heterocycles. The van der Waals surface area contributed by atoms with E-state index in [-0.39, 0.29) is 11.8 Å². The van der Waals surface area contributed by atoms with Gasteiger partial charge in [-0.3, -0.25) is 4.79 Å². The molecule has 1 rings (SSSR count). The molecule has 0 aliphatic carbocycles. The van der Waals surface area contributed by atoms with Crippen molar-refractivity contribution in [3.05, 3.63) is 28.8 Å². The second kappa shape index (κ2) is 5.83. The number of alkyl halides is 1. The SMILES string of the molecule is COc1ccc(CNC(=O)CCl)c(Cl)c1. The maximum absolute atomic E-state index is 10.9. The standard InChI is InChI=1S/C10H11Cl2NO2/c1-15-8-3-2-7(9(12)4-8)6-13-10(14)5-11/h2-4H,5-6H2,1H3,(H,13,14). The van der Waals surface area contributed by atoms with Crippen molar-refractivity contribution in [3.63, 3.8) is 0 Å². The van der Waals surface area contributed by atoms with Crippen molar-refractivity contribution in [3.8, 4) is 5.75 Å². The van der Waals surface area contributed by atoms with Gasteiger partial charge in [-0.05, 0) is 17.7 Å². The lowest BCUT2D eigenvalue weighted by Gasteiger charge is -2.07. The molecule has 15 heavy (non-hydrogen) atoms. The zero-order valence-corrected chi connectivity index (χ0v) is 9.73. The van der Waals surface area contributed by atoms with Crippen LogP contribution in [-0.2, 0) is 11.3 Å². The maximum Gasteiger partial charge on any atom is 0.235 e. The van der Waals surface area contributed by atoms with E-state index in [1.54, 1.807) is 25.3 Å². The molecular weight excluding hydrogens is 237 g/mol. The molecule has 0 saturated heterocycles. The smallest absolute Gasteiger partial charge is 0.235 e. The summed E-state index contributed by atoms with van der Waals surface area (Å²) in [7, 11) is 1.57. The van der Waals surface area contributed by atoms with Crippen LogP contribution in [0.2, 0.25) is 5.02 Å². The number of carbonyl (C=O) groups excluding carboxylic acids is 1. The van der Waals surface area contributed by atoms with Crippen LogP contribution in [0.15, 0.2) is 18.2 Å². The average molecular weight is 248 g/mol. The average Bonchev–Trinajstić information content (AvgIpc) is 2.26. The highest BCUT2D eigenvalue weighted by atomic mass is 35.5. The minimum absolute atomic E-state index is 0.0478. The Hall–Kier alpha value is -0.930. The number of carbonyl (C=O) groups is 1. The van der Waals surface area contributed by atoms with Crippen LogP contribution in [0.5, 0.6) is 5.75 Å². The maximum atomic E-state index is 10.9. The van der Waals surface area contributed by atoms with E-state index in [2.05, 4.69) is 5.32 Å². The van der Waals surface area contributed by atoms with E-state index < -0.39 is 0 Å². The fraction of sp³-hybridized carbons (Fsp3) is 0.300. The summed E-state index contributed by atoms with van der Waals surface area (Å²) in [5, 5.41) is 3.19. The molecular formula is C10H11Cl2NO2. The van der Waals surface area contributed by atoms with Crippen molar-refractivity contribution in [2.75, 3.05) is 13.0 Å². The van der Waals surface area contributed by atoms with Gasteiger partial charge in [0.1, 0.15) is 11.6 Å². The topological polar surface area (TPSA) is 38.3 Å². The van der Waals surface area contributed by atoms with Crippen LogP contribution in [0.25, 0.3) is 0 Å². The molecule has 1 aromatic rings. The second-order valence-electron chi connectivity index (χ2n) is 2.87. The molecule has 82 valence electrons. The fourth-order valence-corrected chi connectivity index (χ4v) is 1.37. The molecule has 0 radical (unpaired) electrons. The Morgan fingerprint density at radius 2 is 2.27 bits per heavy atom. The van der Waals surface area contributed by atoms with Gasteiger partial charge in [0.25, 0.3) is 0 Å². The van der Waals surface area contributed by atoms with Crippen molar-refractivity contribution >= 4 is 29.1 Å². The van der Waals surface area contributed by atoms with E-state index in [4.69, 9.17) is 27.9 Å². The summed E-state index contributed by atoms with van der Waals surface area (Å²) in [6.07, 6.45) is 0. The molecule has 0 atom stereocenters. The van der Waals surface area contributed by atoms with Gasteiger partial charge in [-0.15, -0.1) is 11.6 Å². The van der Waals surface area contributed by atoms with E-state index in [9.17, 15) is 4.79 Å². The number of hydrogen-bond donors (Lipinski definition) is 1. The lowest BCUT2D eigenvalue weighted by atomic mass is 10.2. The highest BCUT2D eigenvalue weighted by Crippen LogP contribution is 2.22. The van der Waals surface area contributed by atoms with Crippen LogP contribution in [-0.4, -0.2) is 18.9 Å². The lowest BCUT2D eigenvalue weighted by Crippen LogP contribution is -2.23. The lowest BCUT2D eigenvalue weighted by molar-refractivity contribution is -0.118. The zero-order chi connectivity index (χ0) is 11.3. The van der Waals surface area contributed by atoms with E-state index >= 15 is 0 Å². The summed E-state index contributed by atoms with van der Waals surface area (Å²) in [6.45, 7) is 0.369. The number of benzene rings is 1. The Labute approximate surface area is 98.3 Å². The van der Waals surface area contributed by atoms with Crippen LogP contribution in [0.4, 0.5) is 0 Å². The number of hydrogen-bond acceptors (Lipinski definition) is 2. The second-order valence-corrected chi connectivity index (χ2v) is 3.54. The summed E-state index contributed by atoms with van der Waals surface area (Å²) >= 11 is 11.3. The van der Waals surface area contributed by atoms with E-state index in [1.807, 2.05) is 0 Å². The molecule has 1 amide bonds. The molecule has 0 aliphatic rings. The fourth-order valence-electron chi connectivity index (χ4n) is 1.04. The molecule has 0 spiro atoms.